The van der Waals surface area contributed by atoms with Crippen molar-refractivity contribution in [2.75, 3.05) is 11.4 Å². The van der Waals surface area contributed by atoms with Crippen molar-refractivity contribution in [1.82, 2.24) is 9.97 Å². The lowest BCUT2D eigenvalue weighted by Gasteiger charge is -2.20. The largest absolute Gasteiger partial charge is 0.338 e. The smallest absolute Gasteiger partial charge is 0.237 e. The molecule has 0 unspecified atom stereocenters. The molecule has 0 saturated carbocycles. The molecule has 3 heterocycles. The van der Waals surface area contributed by atoms with E-state index in [4.69, 9.17) is 4.98 Å². The van der Waals surface area contributed by atoms with Crippen LogP contribution in [0.4, 0.5) is 5.69 Å². The van der Waals surface area contributed by atoms with Crippen molar-refractivity contribution in [2.24, 2.45) is 0 Å². The fourth-order valence-corrected chi connectivity index (χ4v) is 4.25. The summed E-state index contributed by atoms with van der Waals surface area (Å²) >= 11 is 1.67. The van der Waals surface area contributed by atoms with Crippen molar-refractivity contribution >= 4 is 34.0 Å². The van der Waals surface area contributed by atoms with Gasteiger partial charge in [0.2, 0.25) is 5.91 Å². The first-order valence-electron chi connectivity index (χ1n) is 8.91. The van der Waals surface area contributed by atoms with Crippen LogP contribution in [0.15, 0.2) is 29.0 Å². The summed E-state index contributed by atoms with van der Waals surface area (Å²) in [5.74, 6) is 1.09. The minimum absolute atomic E-state index is 0.198. The molecule has 0 atom stereocenters. The summed E-state index contributed by atoms with van der Waals surface area (Å²) in [4.78, 5) is 23.1. The maximum atomic E-state index is 12.9. The van der Waals surface area contributed by atoms with Gasteiger partial charge in [-0.05, 0) is 49.4 Å². The maximum absolute atomic E-state index is 12.9. The Labute approximate surface area is 151 Å². The van der Waals surface area contributed by atoms with Gasteiger partial charge in [-0.25, -0.2) is 4.98 Å². The van der Waals surface area contributed by atoms with Gasteiger partial charge in [0.15, 0.2) is 0 Å². The number of fused-ring (bicyclic) bond motifs is 2. The van der Waals surface area contributed by atoms with E-state index in [2.05, 4.69) is 40.9 Å². The van der Waals surface area contributed by atoms with E-state index in [0.29, 0.717) is 0 Å². The van der Waals surface area contributed by atoms with Crippen LogP contribution in [-0.4, -0.2) is 22.4 Å². The monoisotopic (exact) mass is 353 g/mol. The molecule has 4 rings (SSSR count). The number of hydrogen-bond acceptors (Lipinski definition) is 3. The highest BCUT2D eigenvalue weighted by Crippen LogP contribution is 2.43. The number of imidazole rings is 1. The molecule has 3 aromatic rings. The molecule has 1 N–H and O–H groups in total. The zero-order chi connectivity index (χ0) is 17.6. The second kappa shape index (κ2) is 5.99. The number of H-pyrrole nitrogens is 1. The number of hydrogen-bond donors (Lipinski definition) is 1. The van der Waals surface area contributed by atoms with Crippen LogP contribution in [0.1, 0.15) is 45.6 Å². The predicted octanol–water partition coefficient (Wildman–Crippen LogP) is 5.11. The summed E-state index contributed by atoms with van der Waals surface area (Å²) in [5.41, 5.74) is 4.67. The lowest BCUT2D eigenvalue weighted by atomic mass is 9.86. The van der Waals surface area contributed by atoms with Gasteiger partial charge in [0, 0.05) is 17.5 Å². The summed E-state index contributed by atoms with van der Waals surface area (Å²) in [6.07, 6.45) is 3.34. The first-order chi connectivity index (χ1) is 12.0. The molecule has 2 aromatic heterocycles. The standard InChI is InChI=1S/C20H23N3OS/c1-4-5-6-8-23-17-11-16-15(10-14(17)20(2,3)19(23)24)21-18(22-16)13-7-9-25-12-13/h7,9-12H,4-6,8H2,1-3H3,(H,21,22). The van der Waals surface area contributed by atoms with E-state index < -0.39 is 5.41 Å². The van der Waals surface area contributed by atoms with Crippen LogP contribution in [0.2, 0.25) is 0 Å². The van der Waals surface area contributed by atoms with Gasteiger partial charge in [-0.1, -0.05) is 19.8 Å². The van der Waals surface area contributed by atoms with E-state index in [1.807, 2.05) is 18.7 Å². The molecule has 0 spiro atoms. The molecule has 1 aliphatic rings. The topological polar surface area (TPSA) is 49.0 Å². The van der Waals surface area contributed by atoms with Crippen molar-refractivity contribution in [3.8, 4) is 11.4 Å². The van der Waals surface area contributed by atoms with Gasteiger partial charge >= 0.3 is 0 Å². The molecule has 0 bridgehead atoms. The van der Waals surface area contributed by atoms with E-state index in [9.17, 15) is 4.79 Å². The molecular weight excluding hydrogens is 330 g/mol. The molecule has 1 amide bonds. The molecule has 1 aliphatic heterocycles. The normalized spacial score (nSPS) is 16.0. The van der Waals surface area contributed by atoms with Crippen molar-refractivity contribution in [1.29, 1.82) is 0 Å². The van der Waals surface area contributed by atoms with Crippen LogP contribution in [0.25, 0.3) is 22.4 Å². The van der Waals surface area contributed by atoms with Gasteiger partial charge in [0.05, 0.1) is 22.1 Å². The van der Waals surface area contributed by atoms with Crippen LogP contribution in [-0.2, 0) is 10.2 Å². The highest BCUT2D eigenvalue weighted by molar-refractivity contribution is 7.08. The van der Waals surface area contributed by atoms with Gasteiger partial charge in [-0.2, -0.15) is 11.3 Å². The van der Waals surface area contributed by atoms with Gasteiger partial charge in [-0.3, -0.25) is 4.79 Å². The number of amides is 1. The van der Waals surface area contributed by atoms with Crippen LogP contribution < -0.4 is 4.90 Å². The summed E-state index contributed by atoms with van der Waals surface area (Å²) < 4.78 is 0. The Hall–Kier alpha value is -2.14. The molecule has 0 radical (unpaired) electrons. The number of nitrogens with zero attached hydrogens (tertiary/aromatic N) is 2. The van der Waals surface area contributed by atoms with E-state index in [1.165, 1.54) is 0 Å². The molecule has 130 valence electrons. The lowest BCUT2D eigenvalue weighted by molar-refractivity contribution is -0.122. The van der Waals surface area contributed by atoms with E-state index in [0.717, 1.165) is 59.5 Å². The third kappa shape index (κ3) is 2.58. The Kier molecular flexibility index (Phi) is 3.91. The zero-order valence-electron chi connectivity index (χ0n) is 14.9. The quantitative estimate of drug-likeness (QED) is 0.648. The second-order valence-electron chi connectivity index (χ2n) is 7.27. The Bertz CT molecular complexity index is 924. The third-order valence-electron chi connectivity index (χ3n) is 5.12. The lowest BCUT2D eigenvalue weighted by Crippen LogP contribution is -2.36. The Morgan fingerprint density at radius 2 is 2.12 bits per heavy atom. The fourth-order valence-electron chi connectivity index (χ4n) is 3.61. The number of carbonyl (C=O) groups is 1. The van der Waals surface area contributed by atoms with Crippen LogP contribution in [0.3, 0.4) is 0 Å². The third-order valence-corrected chi connectivity index (χ3v) is 5.81. The molecule has 0 saturated heterocycles. The highest BCUT2D eigenvalue weighted by atomic mass is 32.1. The number of unbranched alkanes of at least 4 members (excludes halogenated alkanes) is 2. The van der Waals surface area contributed by atoms with Crippen LogP contribution in [0.5, 0.6) is 0 Å². The van der Waals surface area contributed by atoms with Gasteiger partial charge in [-0.15, -0.1) is 0 Å². The number of aromatic nitrogens is 2. The Morgan fingerprint density at radius 3 is 2.84 bits per heavy atom. The average Bonchev–Trinajstić information content (AvgIpc) is 3.28. The zero-order valence-corrected chi connectivity index (χ0v) is 15.7. The molecule has 1 aromatic carbocycles. The number of carbonyl (C=O) groups excluding carboxylic acids is 1. The fraction of sp³-hybridized carbons (Fsp3) is 0.400. The summed E-state index contributed by atoms with van der Waals surface area (Å²) in [7, 11) is 0. The van der Waals surface area contributed by atoms with E-state index in [-0.39, 0.29) is 5.91 Å². The second-order valence-corrected chi connectivity index (χ2v) is 8.05. The average molecular weight is 353 g/mol. The first kappa shape index (κ1) is 16.3. The van der Waals surface area contributed by atoms with E-state index >= 15 is 0 Å². The number of nitrogens with one attached hydrogen (secondary N) is 1. The number of thiophene rings is 1. The maximum Gasteiger partial charge on any atom is 0.237 e. The molecule has 0 fully saturated rings. The number of benzene rings is 1. The Morgan fingerprint density at radius 1 is 1.28 bits per heavy atom. The number of anilines is 1. The van der Waals surface area contributed by atoms with E-state index in [1.54, 1.807) is 11.3 Å². The number of rotatable bonds is 5. The van der Waals surface area contributed by atoms with Crippen molar-refractivity contribution in [3.63, 3.8) is 0 Å². The molecule has 4 nitrogen and oxygen atoms in total. The molecule has 0 aliphatic carbocycles. The number of aromatic amines is 1. The van der Waals surface area contributed by atoms with Gasteiger partial charge in [0.25, 0.3) is 0 Å². The van der Waals surface area contributed by atoms with Crippen molar-refractivity contribution in [2.45, 2.75) is 45.4 Å². The summed E-state index contributed by atoms with van der Waals surface area (Å²) in [6, 6.07) is 6.27. The van der Waals surface area contributed by atoms with Crippen LogP contribution in [0, 0.1) is 0 Å². The summed E-state index contributed by atoms with van der Waals surface area (Å²) in [5, 5.41) is 4.15. The Balaban J connectivity index is 1.79. The van der Waals surface area contributed by atoms with Gasteiger partial charge < -0.3 is 9.88 Å². The minimum atomic E-state index is -0.489. The van der Waals surface area contributed by atoms with Crippen molar-refractivity contribution in [3.05, 3.63) is 34.5 Å². The van der Waals surface area contributed by atoms with Gasteiger partial charge in [0.1, 0.15) is 5.82 Å². The van der Waals surface area contributed by atoms with Crippen LogP contribution >= 0.6 is 11.3 Å². The molecule has 25 heavy (non-hydrogen) atoms. The highest BCUT2D eigenvalue weighted by Gasteiger charge is 2.43. The minimum Gasteiger partial charge on any atom is -0.338 e. The molecule has 5 heteroatoms. The summed E-state index contributed by atoms with van der Waals surface area (Å²) in [6.45, 7) is 7.02. The predicted molar refractivity (Wildman–Crippen MR) is 104 cm³/mol. The first-order valence-corrected chi connectivity index (χ1v) is 9.85. The SMILES string of the molecule is CCCCCN1C(=O)C(C)(C)c2cc3nc(-c4ccsc4)[nH]c3cc21. The van der Waals surface area contributed by atoms with Crippen molar-refractivity contribution < 1.29 is 4.79 Å². The molecular formula is C20H23N3OS.